The van der Waals surface area contributed by atoms with Crippen LogP contribution in [-0.2, 0) is 9.59 Å². The monoisotopic (exact) mass is 1050 g/mol. The van der Waals surface area contributed by atoms with Crippen molar-refractivity contribution in [3.05, 3.63) is 120 Å². The number of hydrogen-bond acceptors (Lipinski definition) is 13. The number of likely N-dealkylation sites (tertiary alicyclic amines) is 2. The zero-order valence-corrected chi connectivity index (χ0v) is 43.1. The molecule has 14 nitrogen and oxygen atoms in total. The fraction of sp³-hybridized carbons (Fsp3) is 0.370. The Morgan fingerprint density at radius 3 is 1.62 bits per heavy atom. The molecule has 4 aromatic carbocycles. The number of halogens is 5. The highest BCUT2D eigenvalue weighted by atomic mass is 35.5. The van der Waals surface area contributed by atoms with Crippen LogP contribution in [0.3, 0.4) is 0 Å². The maximum atomic E-state index is 13.6. The lowest BCUT2D eigenvalue weighted by Gasteiger charge is -2.30. The smallest absolute Gasteiger partial charge is 0.247 e. The van der Waals surface area contributed by atoms with Gasteiger partial charge in [-0.2, -0.15) is 0 Å². The zero-order valence-electron chi connectivity index (χ0n) is 40.8. The minimum atomic E-state index is -0.509. The summed E-state index contributed by atoms with van der Waals surface area (Å²) in [6.45, 7) is 12.6. The van der Waals surface area contributed by atoms with Gasteiger partial charge in [0, 0.05) is 34.3 Å². The van der Waals surface area contributed by atoms with Gasteiger partial charge in [-0.3, -0.25) is 9.59 Å². The molecule has 5 N–H and O–H groups in total. The van der Waals surface area contributed by atoms with Gasteiger partial charge in [-0.15, -0.1) is 0 Å². The van der Waals surface area contributed by atoms with Crippen LogP contribution in [0.15, 0.2) is 98.6 Å². The Hall–Kier alpha value is -6.17. The van der Waals surface area contributed by atoms with Crippen molar-refractivity contribution in [2.75, 3.05) is 75.2 Å². The van der Waals surface area contributed by atoms with Crippen LogP contribution in [0.2, 0.25) is 10.0 Å². The first-order chi connectivity index (χ1) is 35.1. The van der Waals surface area contributed by atoms with Crippen LogP contribution in [0.5, 0.6) is 11.5 Å². The summed E-state index contributed by atoms with van der Waals surface area (Å²) in [4.78, 5) is 43.8. The van der Waals surface area contributed by atoms with E-state index in [0.29, 0.717) is 86.7 Å². The van der Waals surface area contributed by atoms with Crippen LogP contribution in [-0.4, -0.2) is 94.4 Å². The van der Waals surface area contributed by atoms with E-state index in [2.05, 4.69) is 72.9 Å². The number of benzene rings is 4. The van der Waals surface area contributed by atoms with E-state index in [1.165, 1.54) is 108 Å². The van der Waals surface area contributed by atoms with Crippen molar-refractivity contribution in [2.24, 2.45) is 22.7 Å². The number of anilines is 6. The third kappa shape index (κ3) is 13.3. The SMILES string of the molecule is C=CC(=O)Cl.C=CC(=O)Nc1cc2c(Nc3ccc(F)c(Cl)c3)ncnc2cc1OCCC1CC12CCN(C)CC2.CN1CCC2(CC1)CC2CCOc1cc2ncnc(Nc3ccc(F)c(Cl)c3)c2cc1N. The molecule has 4 aliphatic rings. The van der Waals surface area contributed by atoms with Gasteiger partial charge < -0.3 is 41.0 Å². The van der Waals surface area contributed by atoms with Crippen LogP contribution in [0.25, 0.3) is 21.8 Å². The number of hydrogen-bond donors (Lipinski definition) is 4. The molecule has 2 saturated heterocycles. The molecule has 2 atom stereocenters. The number of fused-ring (bicyclic) bond motifs is 2. The molecule has 19 heteroatoms. The number of nitrogen functional groups attached to an aromatic ring is 1. The lowest BCUT2D eigenvalue weighted by molar-refractivity contribution is -0.112. The van der Waals surface area contributed by atoms with Crippen LogP contribution in [0, 0.1) is 34.3 Å². The third-order valence-electron chi connectivity index (χ3n) is 14.6. The molecule has 2 aliphatic carbocycles. The van der Waals surface area contributed by atoms with Crippen LogP contribution in [0.1, 0.15) is 51.4 Å². The van der Waals surface area contributed by atoms with Crippen LogP contribution < -0.4 is 31.2 Å². The van der Waals surface area contributed by atoms with E-state index in [1.807, 2.05) is 12.1 Å². The Morgan fingerprint density at radius 1 is 0.712 bits per heavy atom. The summed E-state index contributed by atoms with van der Waals surface area (Å²) < 4.78 is 39.3. The Morgan fingerprint density at radius 2 is 1.16 bits per heavy atom. The molecule has 2 saturated carbocycles. The number of carbonyl (C=O) groups is 2. The molecule has 384 valence electrons. The van der Waals surface area contributed by atoms with E-state index in [0.717, 1.165) is 35.7 Å². The molecule has 2 aromatic heterocycles. The van der Waals surface area contributed by atoms with Gasteiger partial charge in [-0.25, -0.2) is 28.7 Å². The Balaban J connectivity index is 0.000000179. The van der Waals surface area contributed by atoms with Gasteiger partial charge in [-0.1, -0.05) is 36.4 Å². The molecule has 10 rings (SSSR count). The second-order valence-corrected chi connectivity index (χ2v) is 20.5. The highest BCUT2D eigenvalue weighted by Gasteiger charge is 2.54. The number of amides is 1. The molecule has 0 radical (unpaired) electrons. The predicted molar refractivity (Wildman–Crippen MR) is 288 cm³/mol. The number of nitrogens with zero attached hydrogens (tertiary/aromatic N) is 6. The number of aromatic nitrogens is 4. The van der Waals surface area contributed by atoms with Gasteiger partial charge in [0.25, 0.3) is 0 Å². The highest BCUT2D eigenvalue weighted by Crippen LogP contribution is 2.61. The molecule has 4 heterocycles. The van der Waals surface area contributed by atoms with Crippen molar-refractivity contribution in [3.63, 3.8) is 0 Å². The Labute approximate surface area is 438 Å². The lowest BCUT2D eigenvalue weighted by atomic mass is 9.90. The molecule has 2 spiro atoms. The van der Waals surface area contributed by atoms with Crippen molar-refractivity contribution >= 4 is 102 Å². The largest absolute Gasteiger partial charge is 0.491 e. The average molecular weight is 1060 g/mol. The minimum absolute atomic E-state index is 0.00525. The molecule has 0 bridgehead atoms. The molecule has 2 aliphatic heterocycles. The summed E-state index contributed by atoms with van der Waals surface area (Å²) in [7, 11) is 4.39. The van der Waals surface area contributed by atoms with Gasteiger partial charge in [0.15, 0.2) is 0 Å². The lowest BCUT2D eigenvalue weighted by Crippen LogP contribution is -2.32. The third-order valence-corrected chi connectivity index (χ3v) is 15.3. The van der Waals surface area contributed by atoms with Crippen molar-refractivity contribution < 1.29 is 27.8 Å². The van der Waals surface area contributed by atoms with Gasteiger partial charge in [0.05, 0.1) is 45.7 Å². The summed E-state index contributed by atoms with van der Waals surface area (Å²) in [5.74, 6) is 2.39. The molecule has 1 amide bonds. The second kappa shape index (κ2) is 23.4. The van der Waals surface area contributed by atoms with Gasteiger partial charge >= 0.3 is 0 Å². The van der Waals surface area contributed by atoms with Gasteiger partial charge in [-0.05, 0) is 187 Å². The van der Waals surface area contributed by atoms with E-state index >= 15 is 0 Å². The van der Waals surface area contributed by atoms with Crippen molar-refractivity contribution in [1.29, 1.82) is 0 Å². The fourth-order valence-corrected chi connectivity index (χ4v) is 10.3. The topological polar surface area (TPSA) is 173 Å². The van der Waals surface area contributed by atoms with E-state index in [4.69, 9.17) is 50.0 Å². The first-order valence-electron chi connectivity index (χ1n) is 24.2. The molecule has 2 unspecified atom stereocenters. The summed E-state index contributed by atoms with van der Waals surface area (Å²) in [6, 6.07) is 16.0. The van der Waals surface area contributed by atoms with Crippen molar-refractivity contribution in [2.45, 2.75) is 51.4 Å². The van der Waals surface area contributed by atoms with Gasteiger partial charge in [0.2, 0.25) is 11.1 Å². The highest BCUT2D eigenvalue weighted by molar-refractivity contribution is 6.66. The Kier molecular flexibility index (Phi) is 17.0. The molecular formula is C54H59Cl3F2N10O4. The minimum Gasteiger partial charge on any atom is -0.491 e. The number of nitrogens with two attached hydrogens (primary N) is 1. The first-order valence-corrected chi connectivity index (χ1v) is 25.4. The van der Waals surface area contributed by atoms with E-state index in [9.17, 15) is 18.4 Å². The van der Waals surface area contributed by atoms with E-state index in [-0.39, 0.29) is 16.0 Å². The quantitative estimate of drug-likeness (QED) is 0.0435. The maximum Gasteiger partial charge on any atom is 0.247 e. The molecule has 4 fully saturated rings. The number of allylic oxidation sites excluding steroid dienone is 1. The first kappa shape index (κ1) is 53.1. The second-order valence-electron chi connectivity index (χ2n) is 19.3. The van der Waals surface area contributed by atoms with Crippen LogP contribution >= 0.6 is 34.8 Å². The number of nitrogens with one attached hydrogen (secondary N) is 3. The number of carbonyl (C=O) groups excluding carboxylic acids is 2. The summed E-state index contributed by atoms with van der Waals surface area (Å²) in [5.41, 5.74) is 11.0. The molecular weight excluding hydrogens is 997 g/mol. The van der Waals surface area contributed by atoms with Crippen molar-refractivity contribution in [1.82, 2.24) is 29.7 Å². The van der Waals surface area contributed by atoms with Gasteiger partial charge in [0.1, 0.15) is 47.4 Å². The molecule has 6 aromatic rings. The maximum absolute atomic E-state index is 13.6. The van der Waals surface area contributed by atoms with E-state index in [1.54, 1.807) is 24.3 Å². The number of rotatable bonds is 15. The van der Waals surface area contributed by atoms with Crippen molar-refractivity contribution in [3.8, 4) is 11.5 Å². The average Bonchev–Trinajstić information content (AvgIpc) is 4.27. The normalized spacial score (nSPS) is 18.4. The zero-order chi connectivity index (χ0) is 51.9. The Bertz CT molecular complexity index is 3010. The molecule has 73 heavy (non-hydrogen) atoms. The predicted octanol–water partition coefficient (Wildman–Crippen LogP) is 12.0. The van der Waals surface area contributed by atoms with E-state index < -0.39 is 16.9 Å². The fourth-order valence-electron chi connectivity index (χ4n) is 9.99. The standard InChI is InChI=1S/C27H29ClFN5O2.C24H27ClFN5O.C3H3ClO/c1-3-25(35)33-23-13-19-22(30-16-31-26(19)32-18-4-5-21(29)20(28)12-18)14-24(23)36-11-6-17-15-27(17)7-9-34(2)10-8-27;1-31-7-5-24(6-8-31)13-15(24)4-9-32-22-12-21-17(11-20(22)27)23(29-14-28-21)30-16-2-3-19(26)18(25)10-16;1-2-3(4)5/h3-5,12-14,16-17H,1,6-11,15H2,2H3,(H,33,35)(H,30,31,32);2-3,10-12,14-15H,4-9,13,27H2,1H3,(H,28,29,30);2H,1H2. The summed E-state index contributed by atoms with van der Waals surface area (Å²) >= 11 is 16.5. The van der Waals surface area contributed by atoms with Crippen LogP contribution in [0.4, 0.5) is 43.2 Å². The number of ether oxygens (including phenoxy) is 2. The summed E-state index contributed by atoms with van der Waals surface area (Å²) in [6.07, 6.45) is 14.9. The number of piperidine rings is 2. The summed E-state index contributed by atoms with van der Waals surface area (Å²) in [5, 5.41) is 10.1.